The van der Waals surface area contributed by atoms with E-state index in [0.717, 1.165) is 49.8 Å². The number of amides is 1. The second kappa shape index (κ2) is 7.12. The number of carbonyl (C=O) groups is 1. The van der Waals surface area contributed by atoms with Gasteiger partial charge in [0.05, 0.1) is 12.2 Å². The molecule has 0 aromatic carbocycles. The van der Waals surface area contributed by atoms with Crippen molar-refractivity contribution in [1.29, 1.82) is 0 Å². The van der Waals surface area contributed by atoms with Crippen LogP contribution in [-0.2, 0) is 11.3 Å². The van der Waals surface area contributed by atoms with Crippen molar-refractivity contribution >= 4 is 11.8 Å². The summed E-state index contributed by atoms with van der Waals surface area (Å²) in [6, 6.07) is 1.72. The van der Waals surface area contributed by atoms with E-state index in [1.807, 2.05) is 25.5 Å². The van der Waals surface area contributed by atoms with E-state index in [-0.39, 0.29) is 5.91 Å². The van der Waals surface area contributed by atoms with Gasteiger partial charge in [0.1, 0.15) is 11.6 Å². The molecule has 1 N–H and O–H groups in total. The van der Waals surface area contributed by atoms with Gasteiger partial charge in [-0.3, -0.25) is 15.0 Å². The molecule has 2 aromatic rings. The van der Waals surface area contributed by atoms with E-state index in [4.69, 9.17) is 4.52 Å². The lowest BCUT2D eigenvalue weighted by atomic mass is 9.98. The van der Waals surface area contributed by atoms with Crippen LogP contribution in [0.2, 0.25) is 0 Å². The largest absolute Gasteiger partial charge is 0.338 e. The highest BCUT2D eigenvalue weighted by Crippen LogP contribution is 2.19. The summed E-state index contributed by atoms with van der Waals surface area (Å²) in [6.07, 6.45) is 2.24. The van der Waals surface area contributed by atoms with Gasteiger partial charge in [0.2, 0.25) is 11.8 Å². The molecule has 1 fully saturated rings. The van der Waals surface area contributed by atoms with E-state index in [9.17, 15) is 4.79 Å². The molecule has 1 aliphatic rings. The van der Waals surface area contributed by atoms with Crippen molar-refractivity contribution in [2.45, 2.75) is 40.2 Å². The lowest BCUT2D eigenvalue weighted by Gasteiger charge is -2.32. The Kier molecular flexibility index (Phi) is 4.94. The van der Waals surface area contributed by atoms with Gasteiger partial charge in [-0.25, -0.2) is 9.67 Å². The maximum Gasteiger partial charge on any atom is 0.240 e. The molecule has 0 unspecified atom stereocenters. The average Bonchev–Trinajstić information content (AvgIpc) is 3.05. The molecular formula is C16H24N6O2. The quantitative estimate of drug-likeness (QED) is 0.893. The molecule has 3 rings (SSSR count). The molecule has 2 aromatic heterocycles. The lowest BCUT2D eigenvalue weighted by Crippen LogP contribution is -2.41. The van der Waals surface area contributed by atoms with Gasteiger partial charge in [0.25, 0.3) is 0 Å². The van der Waals surface area contributed by atoms with Crippen LogP contribution in [0.4, 0.5) is 5.88 Å². The summed E-state index contributed by atoms with van der Waals surface area (Å²) < 4.78 is 6.99. The van der Waals surface area contributed by atoms with E-state index in [0.29, 0.717) is 18.3 Å². The van der Waals surface area contributed by atoms with E-state index >= 15 is 0 Å². The summed E-state index contributed by atoms with van der Waals surface area (Å²) in [5.41, 5.74) is 0.752. The molecule has 8 heteroatoms. The third-order valence-electron chi connectivity index (χ3n) is 4.25. The summed E-state index contributed by atoms with van der Waals surface area (Å²) in [6.45, 7) is 8.76. The van der Waals surface area contributed by atoms with Crippen molar-refractivity contribution in [2.75, 3.05) is 25.0 Å². The van der Waals surface area contributed by atoms with Gasteiger partial charge in [0.15, 0.2) is 0 Å². The highest BCUT2D eigenvalue weighted by Gasteiger charge is 2.23. The Balaban J connectivity index is 1.51. The number of piperidine rings is 1. The summed E-state index contributed by atoms with van der Waals surface area (Å²) >= 11 is 0. The van der Waals surface area contributed by atoms with Crippen LogP contribution in [0.15, 0.2) is 10.6 Å². The van der Waals surface area contributed by atoms with Crippen LogP contribution in [0.25, 0.3) is 0 Å². The zero-order valence-electron chi connectivity index (χ0n) is 14.4. The van der Waals surface area contributed by atoms with Crippen LogP contribution in [0.5, 0.6) is 0 Å². The number of nitrogens with one attached hydrogen (secondary N) is 1. The van der Waals surface area contributed by atoms with E-state index < -0.39 is 0 Å². The monoisotopic (exact) mass is 332 g/mol. The first-order valence-electron chi connectivity index (χ1n) is 8.33. The van der Waals surface area contributed by atoms with Crippen molar-refractivity contribution in [3.8, 4) is 0 Å². The number of hydrogen-bond acceptors (Lipinski definition) is 6. The fraction of sp³-hybridized carbons (Fsp3) is 0.625. The minimum absolute atomic E-state index is 0.0698. The van der Waals surface area contributed by atoms with Crippen LogP contribution < -0.4 is 5.32 Å². The molecule has 0 aliphatic carbocycles. The standard InChI is InChI=1S/C16H24N6O2/c1-11-7-16(24-20-11)18-15(23)10-21-6-4-5-14(8-21)9-22-13(3)17-12(2)19-22/h7,14H,4-6,8-10H2,1-3H3,(H,18,23)/t14-/m0/s1. The Hall–Kier alpha value is -2.22. The van der Waals surface area contributed by atoms with Gasteiger partial charge >= 0.3 is 0 Å². The molecule has 130 valence electrons. The van der Waals surface area contributed by atoms with E-state index in [1.165, 1.54) is 0 Å². The highest BCUT2D eigenvalue weighted by atomic mass is 16.5. The molecule has 1 atom stereocenters. The maximum atomic E-state index is 12.1. The van der Waals surface area contributed by atoms with E-state index in [2.05, 4.69) is 25.5 Å². The van der Waals surface area contributed by atoms with Gasteiger partial charge in [-0.1, -0.05) is 5.16 Å². The highest BCUT2D eigenvalue weighted by molar-refractivity contribution is 5.90. The number of rotatable bonds is 5. The van der Waals surface area contributed by atoms with Crippen LogP contribution in [0, 0.1) is 26.7 Å². The van der Waals surface area contributed by atoms with Crippen LogP contribution in [0.3, 0.4) is 0 Å². The predicted octanol–water partition coefficient (Wildman–Crippen LogP) is 1.54. The number of likely N-dealkylation sites (tertiary alicyclic amines) is 1. The fourth-order valence-electron chi connectivity index (χ4n) is 3.23. The molecule has 24 heavy (non-hydrogen) atoms. The summed E-state index contributed by atoms with van der Waals surface area (Å²) in [5, 5.41) is 11.0. The smallest absolute Gasteiger partial charge is 0.240 e. The molecule has 1 aliphatic heterocycles. The van der Waals surface area contributed by atoms with Crippen LogP contribution in [-0.4, -0.2) is 50.4 Å². The minimum Gasteiger partial charge on any atom is -0.338 e. The molecule has 0 radical (unpaired) electrons. The third-order valence-corrected chi connectivity index (χ3v) is 4.25. The number of nitrogens with zero attached hydrogens (tertiary/aromatic N) is 5. The van der Waals surface area contributed by atoms with Gasteiger partial charge in [-0.05, 0) is 46.1 Å². The molecule has 0 bridgehead atoms. The first-order chi connectivity index (χ1) is 11.5. The Morgan fingerprint density at radius 1 is 1.42 bits per heavy atom. The summed E-state index contributed by atoms with van der Waals surface area (Å²) in [7, 11) is 0. The second-order valence-corrected chi connectivity index (χ2v) is 6.51. The fourth-order valence-corrected chi connectivity index (χ4v) is 3.23. The number of carbonyl (C=O) groups excluding carboxylic acids is 1. The van der Waals surface area contributed by atoms with Crippen molar-refractivity contribution < 1.29 is 9.32 Å². The SMILES string of the molecule is Cc1cc(NC(=O)CN2CCC[C@H](Cn3nc(C)nc3C)C2)on1. The molecule has 3 heterocycles. The van der Waals surface area contributed by atoms with Crippen molar-refractivity contribution in [1.82, 2.24) is 24.8 Å². The van der Waals surface area contributed by atoms with Crippen molar-refractivity contribution in [3.05, 3.63) is 23.4 Å². The molecule has 8 nitrogen and oxygen atoms in total. The van der Waals surface area contributed by atoms with Gasteiger partial charge in [-0.15, -0.1) is 0 Å². The van der Waals surface area contributed by atoms with Gasteiger partial charge in [-0.2, -0.15) is 5.10 Å². The van der Waals surface area contributed by atoms with Crippen molar-refractivity contribution in [2.24, 2.45) is 5.92 Å². The number of aryl methyl sites for hydroxylation is 3. The topological polar surface area (TPSA) is 89.1 Å². The molecule has 0 saturated carbocycles. The zero-order chi connectivity index (χ0) is 17.1. The molecular weight excluding hydrogens is 308 g/mol. The molecule has 1 amide bonds. The Labute approximate surface area is 141 Å². The second-order valence-electron chi connectivity index (χ2n) is 6.51. The summed E-state index contributed by atoms with van der Waals surface area (Å²) in [5.74, 6) is 2.57. The number of hydrogen-bond donors (Lipinski definition) is 1. The first kappa shape index (κ1) is 16.6. The van der Waals surface area contributed by atoms with Crippen LogP contribution >= 0.6 is 0 Å². The number of aromatic nitrogens is 4. The normalized spacial score (nSPS) is 18.7. The van der Waals surface area contributed by atoms with Crippen LogP contribution in [0.1, 0.15) is 30.2 Å². The Bertz CT molecular complexity index is 707. The number of anilines is 1. The first-order valence-corrected chi connectivity index (χ1v) is 8.33. The Morgan fingerprint density at radius 2 is 2.25 bits per heavy atom. The minimum atomic E-state index is -0.0698. The Morgan fingerprint density at radius 3 is 2.92 bits per heavy atom. The predicted molar refractivity (Wildman–Crippen MR) is 88.5 cm³/mol. The third kappa shape index (κ3) is 4.19. The molecule has 1 saturated heterocycles. The lowest BCUT2D eigenvalue weighted by molar-refractivity contribution is -0.117. The zero-order valence-corrected chi connectivity index (χ0v) is 14.4. The van der Waals surface area contributed by atoms with Gasteiger partial charge < -0.3 is 4.52 Å². The molecule has 0 spiro atoms. The maximum absolute atomic E-state index is 12.1. The average molecular weight is 332 g/mol. The summed E-state index contributed by atoms with van der Waals surface area (Å²) in [4.78, 5) is 18.7. The van der Waals surface area contributed by atoms with Crippen molar-refractivity contribution in [3.63, 3.8) is 0 Å². The van der Waals surface area contributed by atoms with Gasteiger partial charge in [0, 0.05) is 19.2 Å². The van der Waals surface area contributed by atoms with E-state index in [1.54, 1.807) is 6.07 Å².